The maximum Gasteiger partial charge on any atom is 0.254 e. The summed E-state index contributed by atoms with van der Waals surface area (Å²) in [7, 11) is 0. The highest BCUT2D eigenvalue weighted by molar-refractivity contribution is 7.26. The summed E-state index contributed by atoms with van der Waals surface area (Å²) < 4.78 is 1.42. The first kappa shape index (κ1) is 41.7. The minimum atomic E-state index is 0.0633. The molecule has 2 aliphatic heterocycles. The highest BCUT2D eigenvalue weighted by atomic mass is 32.1. The van der Waals surface area contributed by atoms with Crippen molar-refractivity contribution in [2.45, 2.75) is 169 Å². The fourth-order valence-electron chi connectivity index (χ4n) is 11.8. The smallest absolute Gasteiger partial charge is 0.254 e. The van der Waals surface area contributed by atoms with Crippen molar-refractivity contribution < 1.29 is 0 Å². The molecule has 0 amide bonds. The predicted octanol–water partition coefficient (Wildman–Crippen LogP) is 14.9. The molecule has 0 spiro atoms. The van der Waals surface area contributed by atoms with E-state index in [4.69, 9.17) is 0 Å². The van der Waals surface area contributed by atoms with E-state index >= 15 is 0 Å². The molecule has 2 aliphatic carbocycles. The molecule has 0 atom stereocenters. The molecule has 0 saturated carbocycles. The topological polar surface area (TPSA) is 6.48 Å². The van der Waals surface area contributed by atoms with Crippen LogP contribution in [0.1, 0.15) is 167 Å². The summed E-state index contributed by atoms with van der Waals surface area (Å²) in [6, 6.07) is 32.5. The molecule has 0 saturated heterocycles. The fraction of sp³-hybridized carbons (Fsp3) is 0.448. The van der Waals surface area contributed by atoms with Crippen LogP contribution in [0.15, 0.2) is 78.9 Å². The van der Waals surface area contributed by atoms with Crippen LogP contribution in [0.4, 0.5) is 33.4 Å². The molecule has 0 unspecified atom stereocenters. The summed E-state index contributed by atoms with van der Waals surface area (Å²) in [5.41, 5.74) is 22.9. The number of nitrogens with zero attached hydrogens (tertiary/aromatic N) is 2. The molecule has 0 bridgehead atoms. The first-order valence-corrected chi connectivity index (χ1v) is 24.4. The summed E-state index contributed by atoms with van der Waals surface area (Å²) in [5.74, 6) is 0. The molecule has 4 heteroatoms. The fourth-order valence-corrected chi connectivity index (χ4v) is 13.1. The lowest BCUT2D eigenvalue weighted by atomic mass is 9.33. The molecule has 62 heavy (non-hydrogen) atoms. The summed E-state index contributed by atoms with van der Waals surface area (Å²) in [4.78, 5) is 5.35. The number of hydrogen-bond donors (Lipinski definition) is 0. The summed E-state index contributed by atoms with van der Waals surface area (Å²) in [6.07, 6.45) is 4.79. The van der Waals surface area contributed by atoms with Crippen LogP contribution >= 0.6 is 11.3 Å². The van der Waals surface area contributed by atoms with E-state index in [1.807, 2.05) is 11.3 Å². The van der Waals surface area contributed by atoms with E-state index in [0.29, 0.717) is 0 Å². The highest BCUT2D eigenvalue weighted by Gasteiger charge is 2.49. The van der Waals surface area contributed by atoms with E-state index in [0.717, 1.165) is 0 Å². The second-order valence-corrected chi connectivity index (χ2v) is 25.6. The molecular weight excluding hydrogens is 768 g/mol. The molecule has 4 aliphatic rings. The molecule has 0 N–H and O–H groups in total. The average Bonchev–Trinajstić information content (AvgIpc) is 3.55. The number of benzene rings is 5. The van der Waals surface area contributed by atoms with Crippen LogP contribution in [-0.2, 0) is 32.5 Å². The monoisotopic (exact) mass is 837 g/mol. The van der Waals surface area contributed by atoms with Crippen LogP contribution < -0.4 is 26.2 Å². The van der Waals surface area contributed by atoms with Crippen LogP contribution in [0.2, 0.25) is 0 Å². The SMILES string of the molecule is Cc1cc2c3c(c1)N(c1ccc(C(C)(C)C)cc1)c1sc4cc5c(cc4c1B3c1cc3c(cc1N2c1ccc(C(C)(C)C)cc1C)C(C)(C)CCC3(C)C)C(C)(C)CCC5(C)C. The average molecular weight is 837 g/mol. The molecule has 5 aromatic carbocycles. The van der Waals surface area contributed by atoms with Crippen molar-refractivity contribution in [2.75, 3.05) is 9.80 Å². The Balaban J connectivity index is 1.35. The maximum atomic E-state index is 2.71. The molecule has 10 rings (SSSR count). The number of fused-ring (bicyclic) bond motifs is 8. The number of rotatable bonds is 2. The molecule has 0 radical (unpaired) electrons. The van der Waals surface area contributed by atoms with Gasteiger partial charge in [-0.1, -0.05) is 127 Å². The van der Waals surface area contributed by atoms with Crippen molar-refractivity contribution in [3.63, 3.8) is 0 Å². The highest BCUT2D eigenvalue weighted by Crippen LogP contribution is 2.54. The Kier molecular flexibility index (Phi) is 8.85. The van der Waals surface area contributed by atoms with Gasteiger partial charge in [0.15, 0.2) is 0 Å². The summed E-state index contributed by atoms with van der Waals surface area (Å²) in [6.45, 7) is 38.6. The van der Waals surface area contributed by atoms with Crippen molar-refractivity contribution in [3.05, 3.63) is 123 Å². The van der Waals surface area contributed by atoms with Gasteiger partial charge < -0.3 is 9.80 Å². The summed E-state index contributed by atoms with van der Waals surface area (Å²) >= 11 is 2.02. The Morgan fingerprint density at radius 1 is 0.500 bits per heavy atom. The van der Waals surface area contributed by atoms with Gasteiger partial charge in [-0.3, -0.25) is 0 Å². The zero-order chi connectivity index (χ0) is 44.4. The molecule has 320 valence electrons. The summed E-state index contributed by atoms with van der Waals surface area (Å²) in [5, 5.41) is 2.81. The van der Waals surface area contributed by atoms with Gasteiger partial charge in [-0.15, -0.1) is 11.3 Å². The molecule has 6 aromatic rings. The lowest BCUT2D eigenvalue weighted by molar-refractivity contribution is 0.332. The first-order valence-electron chi connectivity index (χ1n) is 23.6. The van der Waals surface area contributed by atoms with Crippen LogP contribution in [0.25, 0.3) is 10.1 Å². The molecule has 0 fully saturated rings. The van der Waals surface area contributed by atoms with Crippen LogP contribution in [-0.4, -0.2) is 6.71 Å². The Hall–Kier alpha value is -4.28. The van der Waals surface area contributed by atoms with E-state index in [1.165, 1.54) is 125 Å². The van der Waals surface area contributed by atoms with Gasteiger partial charge in [0.1, 0.15) is 0 Å². The normalized spacial score (nSPS) is 19.1. The maximum absolute atomic E-state index is 2.71. The molecule has 2 nitrogen and oxygen atoms in total. The third-order valence-corrected chi connectivity index (χ3v) is 17.2. The van der Waals surface area contributed by atoms with Gasteiger partial charge in [0.25, 0.3) is 6.71 Å². The molecule has 1 aromatic heterocycles. The lowest BCUT2D eigenvalue weighted by Gasteiger charge is -2.47. The van der Waals surface area contributed by atoms with Gasteiger partial charge in [-0.2, -0.15) is 0 Å². The van der Waals surface area contributed by atoms with E-state index in [1.54, 1.807) is 5.56 Å². The van der Waals surface area contributed by atoms with E-state index in [9.17, 15) is 0 Å². The van der Waals surface area contributed by atoms with E-state index < -0.39 is 0 Å². The van der Waals surface area contributed by atoms with Crippen molar-refractivity contribution >= 4 is 78.0 Å². The van der Waals surface area contributed by atoms with Crippen molar-refractivity contribution in [2.24, 2.45) is 0 Å². The third-order valence-electron chi connectivity index (χ3n) is 16.1. The Morgan fingerprint density at radius 3 is 1.55 bits per heavy atom. The van der Waals surface area contributed by atoms with Gasteiger partial charge in [-0.05, 0) is 187 Å². The van der Waals surface area contributed by atoms with Gasteiger partial charge >= 0.3 is 0 Å². The Bertz CT molecular complexity index is 2850. The van der Waals surface area contributed by atoms with Crippen LogP contribution in [0.3, 0.4) is 0 Å². The Labute approximate surface area is 378 Å². The minimum Gasteiger partial charge on any atom is -0.311 e. The van der Waals surface area contributed by atoms with Gasteiger partial charge in [0, 0.05) is 33.1 Å². The lowest BCUT2D eigenvalue weighted by Crippen LogP contribution is -2.61. The standard InChI is InChI=1S/C58H69BN2S/c1-34-27-47-51-48(28-34)61(45-22-19-37(29-35(45)2)54(6,7)8)46-32-42-41(56(11,12)24-25-57(42,13)14)31-44(46)59(51)50-39-30-40-43(58(15,16)26-23-55(40,9)10)33-49(39)62-52(50)60(47)38-20-17-36(18-21-38)53(3,4)5/h17-22,27-33H,23-26H2,1-16H3. The largest absolute Gasteiger partial charge is 0.311 e. The second kappa shape index (κ2) is 13.2. The predicted molar refractivity (Wildman–Crippen MR) is 273 cm³/mol. The quantitative estimate of drug-likeness (QED) is 0.160. The van der Waals surface area contributed by atoms with Gasteiger partial charge in [0.05, 0.1) is 5.00 Å². The van der Waals surface area contributed by atoms with Crippen LogP contribution in [0, 0.1) is 13.8 Å². The van der Waals surface area contributed by atoms with Crippen LogP contribution in [0.5, 0.6) is 0 Å². The zero-order valence-corrected chi connectivity index (χ0v) is 41.5. The third kappa shape index (κ3) is 6.15. The second-order valence-electron chi connectivity index (χ2n) is 24.6. The molecule has 3 heterocycles. The van der Waals surface area contributed by atoms with Gasteiger partial charge in [0.2, 0.25) is 0 Å². The number of anilines is 6. The first-order chi connectivity index (χ1) is 28.8. The van der Waals surface area contributed by atoms with Crippen molar-refractivity contribution in [1.82, 2.24) is 0 Å². The number of thiophene rings is 1. The number of aryl methyl sites for hydroxylation is 2. The van der Waals surface area contributed by atoms with E-state index in [-0.39, 0.29) is 39.2 Å². The van der Waals surface area contributed by atoms with Crippen molar-refractivity contribution in [3.8, 4) is 0 Å². The van der Waals surface area contributed by atoms with Gasteiger partial charge in [-0.25, -0.2) is 0 Å². The Morgan fingerprint density at radius 2 is 1.00 bits per heavy atom. The van der Waals surface area contributed by atoms with Crippen molar-refractivity contribution in [1.29, 1.82) is 0 Å². The number of hydrogen-bond acceptors (Lipinski definition) is 3. The zero-order valence-electron chi connectivity index (χ0n) is 40.7. The van der Waals surface area contributed by atoms with E-state index in [2.05, 4.69) is 199 Å². The molecular formula is C58H69BN2S. The minimum absolute atomic E-state index is 0.0633.